The number of halogens is 1. The second kappa shape index (κ2) is 4.31. The lowest BCUT2D eigenvalue weighted by Crippen LogP contribution is -1.81. The molecule has 0 saturated heterocycles. The lowest BCUT2D eigenvalue weighted by Gasteiger charge is -1.97. The number of hydrogen-bond donors (Lipinski definition) is 0. The van der Waals surface area contributed by atoms with Gasteiger partial charge < -0.3 is 4.42 Å². The molecular formula is C12H7ClN2OS. The van der Waals surface area contributed by atoms with E-state index in [-0.39, 0.29) is 0 Å². The summed E-state index contributed by atoms with van der Waals surface area (Å²) in [6.45, 7) is 0. The van der Waals surface area contributed by atoms with Gasteiger partial charge in [0, 0.05) is 28.9 Å². The van der Waals surface area contributed by atoms with Gasteiger partial charge in [-0.1, -0.05) is 11.6 Å². The van der Waals surface area contributed by atoms with Gasteiger partial charge in [-0.15, -0.1) is 11.3 Å². The third kappa shape index (κ3) is 1.97. The molecule has 0 aliphatic rings. The molecule has 5 heteroatoms. The maximum atomic E-state index is 6.08. The molecule has 0 atom stereocenters. The average Bonchev–Trinajstić information content (AvgIpc) is 3.00. The molecule has 17 heavy (non-hydrogen) atoms. The summed E-state index contributed by atoms with van der Waals surface area (Å²) in [6, 6.07) is 3.74. The Bertz CT molecular complexity index is 634. The van der Waals surface area contributed by atoms with Gasteiger partial charge in [-0.3, -0.25) is 4.98 Å². The number of aromatic nitrogens is 2. The Hall–Kier alpha value is -1.65. The molecule has 0 aromatic carbocycles. The Balaban J connectivity index is 2.04. The third-order valence-corrected chi connectivity index (χ3v) is 3.51. The Kier molecular flexibility index (Phi) is 2.66. The molecule has 3 heterocycles. The van der Waals surface area contributed by atoms with Gasteiger partial charge in [0.1, 0.15) is 11.3 Å². The molecule has 0 aliphatic heterocycles. The standard InChI is InChI=1S/C12H7ClN2OS/c13-10-5-14-3-1-9(10)11-7-17-12(15-11)8-2-4-16-6-8/h1-7H. The summed E-state index contributed by atoms with van der Waals surface area (Å²) >= 11 is 7.64. The fraction of sp³-hybridized carbons (Fsp3) is 0. The topological polar surface area (TPSA) is 38.9 Å². The molecule has 0 bridgehead atoms. The van der Waals surface area contributed by atoms with E-state index in [0.717, 1.165) is 21.8 Å². The van der Waals surface area contributed by atoms with Crippen LogP contribution in [0.5, 0.6) is 0 Å². The smallest absolute Gasteiger partial charge is 0.127 e. The molecule has 0 N–H and O–H groups in total. The predicted octanol–water partition coefficient (Wildman–Crippen LogP) is 4.12. The van der Waals surface area contributed by atoms with Gasteiger partial charge in [-0.2, -0.15) is 0 Å². The highest BCUT2D eigenvalue weighted by Gasteiger charge is 2.09. The Labute approximate surface area is 107 Å². The van der Waals surface area contributed by atoms with Crippen molar-refractivity contribution < 1.29 is 4.42 Å². The summed E-state index contributed by atoms with van der Waals surface area (Å²) in [7, 11) is 0. The summed E-state index contributed by atoms with van der Waals surface area (Å²) in [6.07, 6.45) is 6.64. The van der Waals surface area contributed by atoms with E-state index in [0.29, 0.717) is 5.02 Å². The Morgan fingerprint density at radius 3 is 3.00 bits per heavy atom. The van der Waals surface area contributed by atoms with Crippen LogP contribution in [0.1, 0.15) is 0 Å². The summed E-state index contributed by atoms with van der Waals surface area (Å²) in [4.78, 5) is 8.49. The van der Waals surface area contributed by atoms with Crippen LogP contribution in [0.25, 0.3) is 21.8 Å². The van der Waals surface area contributed by atoms with Gasteiger partial charge in [-0.05, 0) is 12.1 Å². The zero-order valence-corrected chi connectivity index (χ0v) is 10.2. The molecule has 3 nitrogen and oxygen atoms in total. The predicted molar refractivity (Wildman–Crippen MR) is 68.1 cm³/mol. The van der Waals surface area contributed by atoms with Crippen molar-refractivity contribution in [1.29, 1.82) is 0 Å². The van der Waals surface area contributed by atoms with E-state index in [9.17, 15) is 0 Å². The zero-order chi connectivity index (χ0) is 11.7. The maximum absolute atomic E-state index is 6.08. The minimum atomic E-state index is 0.608. The first-order valence-corrected chi connectivity index (χ1v) is 6.18. The van der Waals surface area contributed by atoms with Gasteiger partial charge in [0.25, 0.3) is 0 Å². The monoisotopic (exact) mass is 262 g/mol. The molecule has 3 rings (SSSR count). The largest absolute Gasteiger partial charge is 0.472 e. The molecule has 0 spiro atoms. The van der Waals surface area contributed by atoms with Crippen LogP contribution in [-0.2, 0) is 0 Å². The van der Waals surface area contributed by atoms with Gasteiger partial charge >= 0.3 is 0 Å². The average molecular weight is 263 g/mol. The van der Waals surface area contributed by atoms with Crippen LogP contribution in [0.3, 0.4) is 0 Å². The third-order valence-electron chi connectivity index (χ3n) is 2.32. The van der Waals surface area contributed by atoms with Crippen LogP contribution in [0.15, 0.2) is 46.8 Å². The van der Waals surface area contributed by atoms with Crippen molar-refractivity contribution >= 4 is 22.9 Å². The molecule has 0 saturated carbocycles. The summed E-state index contributed by atoms with van der Waals surface area (Å²) < 4.78 is 5.04. The SMILES string of the molecule is Clc1cnccc1-c1csc(-c2ccoc2)n1. The van der Waals surface area contributed by atoms with Crippen molar-refractivity contribution in [2.75, 3.05) is 0 Å². The molecule has 0 unspecified atom stereocenters. The number of nitrogens with zero attached hydrogens (tertiary/aromatic N) is 2. The molecule has 3 aromatic rings. The van der Waals surface area contributed by atoms with E-state index >= 15 is 0 Å². The summed E-state index contributed by atoms with van der Waals surface area (Å²) in [5.74, 6) is 0. The first kappa shape index (κ1) is 10.5. The van der Waals surface area contributed by atoms with Gasteiger partial charge in [0.05, 0.1) is 17.0 Å². The van der Waals surface area contributed by atoms with Crippen molar-refractivity contribution in [2.24, 2.45) is 0 Å². The first-order chi connectivity index (χ1) is 8.34. The van der Waals surface area contributed by atoms with Gasteiger partial charge in [-0.25, -0.2) is 4.98 Å². The molecule has 0 radical (unpaired) electrons. The maximum Gasteiger partial charge on any atom is 0.127 e. The second-order valence-electron chi connectivity index (χ2n) is 3.41. The van der Waals surface area contributed by atoms with Gasteiger partial charge in [0.15, 0.2) is 0 Å². The number of thiazole rings is 1. The van der Waals surface area contributed by atoms with Crippen molar-refractivity contribution in [1.82, 2.24) is 9.97 Å². The highest BCUT2D eigenvalue weighted by Crippen LogP contribution is 2.31. The number of hydrogen-bond acceptors (Lipinski definition) is 4. The zero-order valence-electron chi connectivity index (χ0n) is 8.63. The fourth-order valence-corrected chi connectivity index (χ4v) is 2.52. The number of rotatable bonds is 2. The van der Waals surface area contributed by atoms with Crippen molar-refractivity contribution in [3.05, 3.63) is 47.5 Å². The van der Waals surface area contributed by atoms with Crippen molar-refractivity contribution in [3.63, 3.8) is 0 Å². The minimum absolute atomic E-state index is 0.608. The van der Waals surface area contributed by atoms with E-state index in [2.05, 4.69) is 9.97 Å². The normalized spacial score (nSPS) is 10.6. The molecular weight excluding hydrogens is 256 g/mol. The van der Waals surface area contributed by atoms with Crippen LogP contribution in [0, 0.1) is 0 Å². The second-order valence-corrected chi connectivity index (χ2v) is 4.67. The Morgan fingerprint density at radius 1 is 1.29 bits per heavy atom. The van der Waals surface area contributed by atoms with Crippen molar-refractivity contribution in [3.8, 4) is 21.8 Å². The molecule has 3 aromatic heterocycles. The van der Waals surface area contributed by atoms with Gasteiger partial charge in [0.2, 0.25) is 0 Å². The first-order valence-electron chi connectivity index (χ1n) is 4.92. The number of pyridine rings is 1. The van der Waals surface area contributed by atoms with E-state index in [1.54, 1.807) is 36.3 Å². The molecule has 84 valence electrons. The van der Waals surface area contributed by atoms with E-state index in [4.69, 9.17) is 16.0 Å². The lowest BCUT2D eigenvalue weighted by atomic mass is 10.2. The van der Waals surface area contributed by atoms with E-state index in [1.807, 2.05) is 17.5 Å². The molecule has 0 amide bonds. The van der Waals surface area contributed by atoms with Crippen LogP contribution >= 0.6 is 22.9 Å². The molecule has 0 aliphatic carbocycles. The lowest BCUT2D eigenvalue weighted by molar-refractivity contribution is 0.568. The van der Waals surface area contributed by atoms with Crippen molar-refractivity contribution in [2.45, 2.75) is 0 Å². The van der Waals surface area contributed by atoms with E-state index in [1.165, 1.54) is 0 Å². The van der Waals surface area contributed by atoms with Crippen LogP contribution in [-0.4, -0.2) is 9.97 Å². The highest BCUT2D eigenvalue weighted by molar-refractivity contribution is 7.13. The number of furan rings is 1. The highest BCUT2D eigenvalue weighted by atomic mass is 35.5. The van der Waals surface area contributed by atoms with Crippen LogP contribution in [0.4, 0.5) is 0 Å². The summed E-state index contributed by atoms with van der Waals surface area (Å²) in [5.41, 5.74) is 2.73. The summed E-state index contributed by atoms with van der Waals surface area (Å²) in [5, 5.41) is 3.50. The van der Waals surface area contributed by atoms with Crippen LogP contribution < -0.4 is 0 Å². The Morgan fingerprint density at radius 2 is 2.24 bits per heavy atom. The van der Waals surface area contributed by atoms with E-state index < -0.39 is 0 Å². The van der Waals surface area contributed by atoms with Crippen LogP contribution in [0.2, 0.25) is 5.02 Å². The minimum Gasteiger partial charge on any atom is -0.472 e. The quantitative estimate of drug-likeness (QED) is 0.697. The molecule has 0 fully saturated rings. The fourth-order valence-electron chi connectivity index (χ4n) is 1.50.